The third-order valence-corrected chi connectivity index (χ3v) is 4.81. The predicted octanol–water partition coefficient (Wildman–Crippen LogP) is 3.88. The first kappa shape index (κ1) is 20.0. The van der Waals surface area contributed by atoms with Crippen LogP contribution in [0.25, 0.3) is 16.9 Å². The molecule has 0 spiro atoms. The van der Waals surface area contributed by atoms with Gasteiger partial charge in [0.15, 0.2) is 17.2 Å². The van der Waals surface area contributed by atoms with Gasteiger partial charge in [0, 0.05) is 0 Å². The van der Waals surface area contributed by atoms with Crippen LogP contribution in [0.3, 0.4) is 0 Å². The van der Waals surface area contributed by atoms with Crippen LogP contribution in [0.15, 0.2) is 41.8 Å². The van der Waals surface area contributed by atoms with Crippen molar-refractivity contribution >= 4 is 23.2 Å². The Morgan fingerprint density at radius 1 is 1.17 bits per heavy atom. The van der Waals surface area contributed by atoms with Crippen LogP contribution in [0.1, 0.15) is 11.5 Å². The first-order chi connectivity index (χ1) is 14.4. The van der Waals surface area contributed by atoms with Gasteiger partial charge in [0.25, 0.3) is 0 Å². The molecule has 0 saturated heterocycles. The average molecular weight is 435 g/mol. The third-order valence-electron chi connectivity index (χ3n) is 4.27. The zero-order valence-corrected chi connectivity index (χ0v) is 16.7. The number of thioether (sulfide) groups is 1. The Morgan fingerprint density at radius 2 is 1.93 bits per heavy atom. The monoisotopic (exact) mass is 435 g/mol. The lowest BCUT2D eigenvalue weighted by Crippen LogP contribution is -2.13. The van der Waals surface area contributed by atoms with E-state index in [1.54, 1.807) is 19.6 Å². The topological polar surface area (TPSA) is 93.0 Å². The molecular formula is C18H16F3N7OS. The lowest BCUT2D eigenvalue weighted by molar-refractivity contribution is -0.142. The largest absolute Gasteiger partial charge is 0.497 e. The standard InChI is InChI=1S/C18H16F3N7OS/c1-29-11-5-3-10(4-6-11)12-7-22-14(25-12)9-23-15-16-24-8-13(18(19,20)21)28(16)27-17(26-15)30-2/h3-8H,9H2,1-2H3,(H,22,25)(H,23,26,27). The highest BCUT2D eigenvalue weighted by atomic mass is 32.2. The van der Waals surface area contributed by atoms with E-state index in [2.05, 4.69) is 30.4 Å². The first-order valence-corrected chi connectivity index (χ1v) is 9.90. The maximum Gasteiger partial charge on any atom is 0.435 e. The summed E-state index contributed by atoms with van der Waals surface area (Å²) in [4.78, 5) is 15.6. The van der Waals surface area contributed by atoms with Crippen molar-refractivity contribution in [2.45, 2.75) is 17.9 Å². The Morgan fingerprint density at radius 3 is 2.60 bits per heavy atom. The quantitative estimate of drug-likeness (QED) is 0.444. The van der Waals surface area contributed by atoms with E-state index < -0.39 is 11.9 Å². The Hall–Kier alpha value is -3.28. The van der Waals surface area contributed by atoms with Gasteiger partial charge in [-0.2, -0.15) is 18.2 Å². The highest BCUT2D eigenvalue weighted by Crippen LogP contribution is 2.31. The van der Waals surface area contributed by atoms with Crippen LogP contribution in [0, 0.1) is 0 Å². The highest BCUT2D eigenvalue weighted by molar-refractivity contribution is 7.98. The van der Waals surface area contributed by atoms with Crippen molar-refractivity contribution in [3.8, 4) is 17.0 Å². The number of alkyl halides is 3. The van der Waals surface area contributed by atoms with E-state index in [1.165, 1.54) is 0 Å². The van der Waals surface area contributed by atoms with Gasteiger partial charge in [-0.05, 0) is 36.1 Å². The van der Waals surface area contributed by atoms with Gasteiger partial charge in [-0.25, -0.2) is 14.5 Å². The minimum atomic E-state index is -4.57. The van der Waals surface area contributed by atoms with Crippen molar-refractivity contribution < 1.29 is 17.9 Å². The lowest BCUT2D eigenvalue weighted by atomic mass is 10.2. The second-order valence-corrected chi connectivity index (χ2v) is 6.92. The molecule has 12 heteroatoms. The van der Waals surface area contributed by atoms with Crippen molar-refractivity contribution in [1.82, 2.24) is 29.5 Å². The number of halogens is 3. The zero-order valence-electron chi connectivity index (χ0n) is 15.9. The molecule has 0 aliphatic rings. The van der Waals surface area contributed by atoms with Crippen molar-refractivity contribution in [3.63, 3.8) is 0 Å². The summed E-state index contributed by atoms with van der Waals surface area (Å²) in [5.74, 6) is 1.52. The number of ether oxygens (including phenoxy) is 1. The smallest absolute Gasteiger partial charge is 0.435 e. The van der Waals surface area contributed by atoms with Crippen LogP contribution >= 0.6 is 11.8 Å². The molecule has 156 valence electrons. The molecule has 0 bridgehead atoms. The van der Waals surface area contributed by atoms with E-state index in [-0.39, 0.29) is 23.2 Å². The molecule has 0 radical (unpaired) electrons. The number of benzene rings is 1. The van der Waals surface area contributed by atoms with Gasteiger partial charge in [0.1, 0.15) is 11.6 Å². The number of fused-ring (bicyclic) bond motifs is 1. The van der Waals surface area contributed by atoms with E-state index in [0.717, 1.165) is 39.5 Å². The molecule has 0 aliphatic carbocycles. The molecule has 0 atom stereocenters. The lowest BCUT2D eigenvalue weighted by Gasteiger charge is -2.09. The number of nitrogens with zero attached hydrogens (tertiary/aromatic N) is 5. The SMILES string of the molecule is COc1ccc(-c2cnc(CNc3nc(SC)nn4c(C(F)(F)F)cnc34)[nH]2)cc1. The summed E-state index contributed by atoms with van der Waals surface area (Å²) < 4.78 is 45.5. The fourth-order valence-electron chi connectivity index (χ4n) is 2.80. The maximum absolute atomic E-state index is 13.2. The highest BCUT2D eigenvalue weighted by Gasteiger charge is 2.36. The molecule has 4 rings (SSSR count). The molecule has 3 heterocycles. The molecule has 2 N–H and O–H groups in total. The van der Waals surface area contributed by atoms with Crippen LogP contribution in [-0.2, 0) is 12.7 Å². The molecule has 4 aromatic rings. The van der Waals surface area contributed by atoms with E-state index in [4.69, 9.17) is 4.74 Å². The fourth-order valence-corrected chi connectivity index (χ4v) is 3.14. The summed E-state index contributed by atoms with van der Waals surface area (Å²) in [5, 5.41) is 7.09. The number of hydrogen-bond acceptors (Lipinski definition) is 7. The van der Waals surface area contributed by atoms with Gasteiger partial charge < -0.3 is 15.0 Å². The number of H-pyrrole nitrogens is 1. The molecule has 30 heavy (non-hydrogen) atoms. The molecule has 0 amide bonds. The Bertz CT molecular complexity index is 1170. The predicted molar refractivity (Wildman–Crippen MR) is 105 cm³/mol. The maximum atomic E-state index is 13.2. The number of hydrogen-bond donors (Lipinski definition) is 2. The average Bonchev–Trinajstić information content (AvgIpc) is 3.39. The summed E-state index contributed by atoms with van der Waals surface area (Å²) in [6, 6.07) is 7.47. The van der Waals surface area contributed by atoms with Crippen molar-refractivity contribution in [3.05, 3.63) is 48.2 Å². The van der Waals surface area contributed by atoms with Gasteiger partial charge in [-0.1, -0.05) is 11.8 Å². The Labute approximate surface area is 172 Å². The van der Waals surface area contributed by atoms with Gasteiger partial charge >= 0.3 is 6.18 Å². The molecular weight excluding hydrogens is 419 g/mol. The van der Waals surface area contributed by atoms with Crippen LogP contribution in [-0.4, -0.2) is 42.9 Å². The van der Waals surface area contributed by atoms with E-state index in [1.807, 2.05) is 24.3 Å². The minimum absolute atomic E-state index is 0.0120. The molecule has 0 saturated carbocycles. The number of aromatic nitrogens is 6. The summed E-state index contributed by atoms with van der Waals surface area (Å²) in [6.45, 7) is 0.213. The summed E-state index contributed by atoms with van der Waals surface area (Å²) >= 11 is 1.13. The third kappa shape index (κ3) is 3.90. The van der Waals surface area contributed by atoms with Crippen molar-refractivity contribution in [1.29, 1.82) is 0 Å². The number of aromatic amines is 1. The molecule has 0 aliphatic heterocycles. The summed E-state index contributed by atoms with van der Waals surface area (Å²) in [5.41, 5.74) is 0.749. The van der Waals surface area contributed by atoms with E-state index >= 15 is 0 Å². The number of anilines is 1. The Kier molecular flexibility index (Phi) is 5.24. The minimum Gasteiger partial charge on any atom is -0.497 e. The molecule has 8 nitrogen and oxygen atoms in total. The number of methoxy groups -OCH3 is 1. The van der Waals surface area contributed by atoms with E-state index in [0.29, 0.717) is 5.82 Å². The van der Waals surface area contributed by atoms with Crippen LogP contribution in [0.5, 0.6) is 5.75 Å². The second-order valence-electron chi connectivity index (χ2n) is 6.15. The van der Waals surface area contributed by atoms with Crippen LogP contribution < -0.4 is 10.1 Å². The summed E-state index contributed by atoms with van der Waals surface area (Å²) in [6.07, 6.45) is -0.468. The second kappa shape index (κ2) is 7.86. The van der Waals surface area contributed by atoms with E-state index in [9.17, 15) is 13.2 Å². The molecule has 0 fully saturated rings. The van der Waals surface area contributed by atoms with Crippen molar-refractivity contribution in [2.24, 2.45) is 0 Å². The van der Waals surface area contributed by atoms with Gasteiger partial charge in [-0.3, -0.25) is 0 Å². The van der Waals surface area contributed by atoms with Crippen LogP contribution in [0.4, 0.5) is 19.0 Å². The van der Waals surface area contributed by atoms with Crippen LogP contribution in [0.2, 0.25) is 0 Å². The molecule has 0 unspecified atom stereocenters. The summed E-state index contributed by atoms with van der Waals surface area (Å²) in [7, 11) is 1.60. The van der Waals surface area contributed by atoms with Gasteiger partial charge in [0.2, 0.25) is 5.16 Å². The van der Waals surface area contributed by atoms with Gasteiger partial charge in [-0.15, -0.1) is 5.10 Å². The molecule has 1 aromatic carbocycles. The zero-order chi connectivity index (χ0) is 21.3. The fraction of sp³-hybridized carbons (Fsp3) is 0.222. The number of imidazole rings is 2. The number of rotatable bonds is 6. The normalized spacial score (nSPS) is 11.8. The first-order valence-electron chi connectivity index (χ1n) is 8.68. The van der Waals surface area contributed by atoms with Gasteiger partial charge in [0.05, 0.1) is 31.7 Å². The Balaban J connectivity index is 1.58. The molecule has 3 aromatic heterocycles. The number of nitrogens with one attached hydrogen (secondary N) is 2. The van der Waals surface area contributed by atoms with Crippen molar-refractivity contribution in [2.75, 3.05) is 18.7 Å².